The third-order valence-corrected chi connectivity index (χ3v) is 2.50. The van der Waals surface area contributed by atoms with Crippen molar-refractivity contribution in [3.8, 4) is 11.5 Å². The molecule has 6 heteroatoms. The van der Waals surface area contributed by atoms with Crippen LogP contribution in [-0.4, -0.2) is 24.4 Å². The maximum Gasteiger partial charge on any atom is 0.153 e. The molecule has 0 aliphatic carbocycles. The molecular weight excluding hydrogens is 254 g/mol. The van der Waals surface area contributed by atoms with Gasteiger partial charge in [0.1, 0.15) is 11.5 Å². The summed E-state index contributed by atoms with van der Waals surface area (Å²) in [6, 6.07) is 8.83. The summed E-state index contributed by atoms with van der Waals surface area (Å²) in [6.45, 7) is 0. The lowest BCUT2D eigenvalue weighted by Crippen LogP contribution is -1.98. The molecule has 5 nitrogen and oxygen atoms in total. The molecule has 0 aliphatic rings. The Balaban J connectivity index is 2.29. The van der Waals surface area contributed by atoms with E-state index in [-0.39, 0.29) is 0 Å². The lowest BCUT2D eigenvalue weighted by atomic mass is 10.2. The molecule has 2 rings (SSSR count). The summed E-state index contributed by atoms with van der Waals surface area (Å²) < 4.78 is 10.4. The van der Waals surface area contributed by atoms with Crippen LogP contribution in [0.25, 0.3) is 0 Å². The minimum Gasteiger partial charge on any atom is -0.497 e. The van der Waals surface area contributed by atoms with Crippen LogP contribution < -0.4 is 14.8 Å². The molecule has 0 aliphatic heterocycles. The summed E-state index contributed by atoms with van der Waals surface area (Å²) in [5.41, 5.74) is 0.744. The van der Waals surface area contributed by atoms with Crippen LogP contribution in [0.2, 0.25) is 5.15 Å². The minimum absolute atomic E-state index is 0.346. The van der Waals surface area contributed by atoms with E-state index >= 15 is 0 Å². The highest BCUT2D eigenvalue weighted by Gasteiger charge is 2.06. The molecule has 1 aromatic carbocycles. The van der Waals surface area contributed by atoms with Gasteiger partial charge in [-0.05, 0) is 24.3 Å². The molecule has 2 aromatic rings. The Morgan fingerprint density at radius 3 is 2.50 bits per heavy atom. The van der Waals surface area contributed by atoms with Crippen molar-refractivity contribution in [2.24, 2.45) is 0 Å². The second kappa shape index (κ2) is 5.55. The highest BCUT2D eigenvalue weighted by atomic mass is 35.5. The van der Waals surface area contributed by atoms with Crippen molar-refractivity contribution in [1.82, 2.24) is 10.2 Å². The van der Waals surface area contributed by atoms with Crippen LogP contribution in [-0.2, 0) is 0 Å². The first-order chi connectivity index (χ1) is 8.72. The van der Waals surface area contributed by atoms with E-state index in [0.717, 1.165) is 11.4 Å². The average molecular weight is 266 g/mol. The van der Waals surface area contributed by atoms with Crippen LogP contribution in [0.3, 0.4) is 0 Å². The van der Waals surface area contributed by atoms with Crippen molar-refractivity contribution in [3.63, 3.8) is 0 Å². The Kier molecular flexibility index (Phi) is 3.84. The van der Waals surface area contributed by atoms with E-state index in [1.807, 2.05) is 18.2 Å². The quantitative estimate of drug-likeness (QED) is 0.921. The van der Waals surface area contributed by atoms with Crippen molar-refractivity contribution >= 4 is 23.1 Å². The molecule has 0 bridgehead atoms. The first-order valence-electron chi connectivity index (χ1n) is 5.21. The molecule has 0 saturated heterocycles. The summed E-state index contributed by atoms with van der Waals surface area (Å²) >= 11 is 5.67. The third-order valence-electron chi connectivity index (χ3n) is 2.30. The van der Waals surface area contributed by atoms with Gasteiger partial charge < -0.3 is 14.8 Å². The highest BCUT2D eigenvalue weighted by Crippen LogP contribution is 2.30. The van der Waals surface area contributed by atoms with Crippen molar-refractivity contribution in [1.29, 1.82) is 0 Å². The fourth-order valence-corrected chi connectivity index (χ4v) is 1.53. The molecule has 0 radical (unpaired) electrons. The number of anilines is 2. The van der Waals surface area contributed by atoms with Gasteiger partial charge in [0.2, 0.25) is 0 Å². The first-order valence-corrected chi connectivity index (χ1v) is 5.59. The number of halogens is 1. The number of rotatable bonds is 4. The summed E-state index contributed by atoms with van der Waals surface area (Å²) in [5, 5.41) is 11.1. The molecule has 0 fully saturated rings. The van der Waals surface area contributed by atoms with Gasteiger partial charge in [-0.2, -0.15) is 0 Å². The standard InChI is InChI=1S/C12H12ClN3O2/c1-17-8-3-4-10(18-2)9(7-8)14-12-6-5-11(13)15-16-12/h3-7H,1-2H3,(H,14,16). The van der Waals surface area contributed by atoms with E-state index in [1.165, 1.54) is 0 Å². The molecule has 1 heterocycles. The minimum atomic E-state index is 0.346. The van der Waals surface area contributed by atoms with E-state index in [2.05, 4.69) is 15.5 Å². The Labute approximate surface area is 110 Å². The average Bonchev–Trinajstić information content (AvgIpc) is 2.41. The van der Waals surface area contributed by atoms with Gasteiger partial charge in [0.05, 0.1) is 19.9 Å². The molecule has 0 amide bonds. The van der Waals surface area contributed by atoms with Crippen molar-refractivity contribution in [2.75, 3.05) is 19.5 Å². The Morgan fingerprint density at radius 2 is 1.89 bits per heavy atom. The summed E-state index contributed by atoms with van der Waals surface area (Å²) in [4.78, 5) is 0. The first kappa shape index (κ1) is 12.4. The number of nitrogens with one attached hydrogen (secondary N) is 1. The predicted octanol–water partition coefficient (Wildman–Crippen LogP) is 2.89. The largest absolute Gasteiger partial charge is 0.497 e. The molecule has 1 aromatic heterocycles. The Hall–Kier alpha value is -2.01. The van der Waals surface area contributed by atoms with Gasteiger partial charge >= 0.3 is 0 Å². The van der Waals surface area contributed by atoms with Crippen molar-refractivity contribution < 1.29 is 9.47 Å². The number of hydrogen-bond acceptors (Lipinski definition) is 5. The number of methoxy groups -OCH3 is 2. The SMILES string of the molecule is COc1ccc(OC)c(Nc2ccc(Cl)nn2)c1. The molecule has 0 atom stereocenters. The van der Waals surface area contributed by atoms with Crippen LogP contribution in [0.15, 0.2) is 30.3 Å². The molecule has 0 spiro atoms. The fraction of sp³-hybridized carbons (Fsp3) is 0.167. The molecule has 94 valence electrons. The van der Waals surface area contributed by atoms with Gasteiger partial charge in [-0.1, -0.05) is 11.6 Å². The zero-order valence-corrected chi connectivity index (χ0v) is 10.7. The molecule has 0 saturated carbocycles. The summed E-state index contributed by atoms with van der Waals surface area (Å²) in [6.07, 6.45) is 0. The van der Waals surface area contributed by atoms with Crippen molar-refractivity contribution in [3.05, 3.63) is 35.5 Å². The van der Waals surface area contributed by atoms with Crippen molar-refractivity contribution in [2.45, 2.75) is 0 Å². The number of nitrogens with zero attached hydrogens (tertiary/aromatic N) is 2. The maximum absolute atomic E-state index is 5.67. The summed E-state index contributed by atoms with van der Waals surface area (Å²) in [7, 11) is 3.20. The van der Waals surface area contributed by atoms with Crippen LogP contribution in [0, 0.1) is 0 Å². The van der Waals surface area contributed by atoms with Crippen LogP contribution in [0.4, 0.5) is 11.5 Å². The van der Waals surface area contributed by atoms with E-state index in [4.69, 9.17) is 21.1 Å². The maximum atomic E-state index is 5.67. The van der Waals surface area contributed by atoms with Crippen LogP contribution in [0.5, 0.6) is 11.5 Å². The van der Waals surface area contributed by atoms with Gasteiger partial charge in [0, 0.05) is 6.07 Å². The van der Waals surface area contributed by atoms with Gasteiger partial charge in [0.15, 0.2) is 11.0 Å². The fourth-order valence-electron chi connectivity index (χ4n) is 1.43. The van der Waals surface area contributed by atoms with E-state index in [1.54, 1.807) is 26.4 Å². The highest BCUT2D eigenvalue weighted by molar-refractivity contribution is 6.29. The molecule has 0 unspecified atom stereocenters. The van der Waals surface area contributed by atoms with Gasteiger partial charge in [-0.3, -0.25) is 0 Å². The Bertz CT molecular complexity index is 531. The molecular formula is C12H12ClN3O2. The number of ether oxygens (including phenoxy) is 2. The lowest BCUT2D eigenvalue weighted by Gasteiger charge is -2.11. The van der Waals surface area contributed by atoms with Crippen LogP contribution in [0.1, 0.15) is 0 Å². The zero-order chi connectivity index (χ0) is 13.0. The van der Waals surface area contributed by atoms with Gasteiger partial charge in [0.25, 0.3) is 0 Å². The number of benzene rings is 1. The zero-order valence-electron chi connectivity index (χ0n) is 9.98. The van der Waals surface area contributed by atoms with Gasteiger partial charge in [-0.15, -0.1) is 10.2 Å². The Morgan fingerprint density at radius 1 is 1.06 bits per heavy atom. The van der Waals surface area contributed by atoms with Gasteiger partial charge in [-0.25, -0.2) is 0 Å². The lowest BCUT2D eigenvalue weighted by molar-refractivity contribution is 0.405. The molecule has 18 heavy (non-hydrogen) atoms. The van der Waals surface area contributed by atoms with Crippen LogP contribution >= 0.6 is 11.6 Å². The number of aromatic nitrogens is 2. The monoisotopic (exact) mass is 265 g/mol. The van der Waals surface area contributed by atoms with E-state index in [9.17, 15) is 0 Å². The topological polar surface area (TPSA) is 56.3 Å². The van der Waals surface area contributed by atoms with E-state index in [0.29, 0.717) is 16.7 Å². The smallest absolute Gasteiger partial charge is 0.153 e. The second-order valence-corrected chi connectivity index (χ2v) is 3.82. The normalized spacial score (nSPS) is 9.94. The second-order valence-electron chi connectivity index (χ2n) is 3.43. The number of hydrogen-bond donors (Lipinski definition) is 1. The van der Waals surface area contributed by atoms with E-state index < -0.39 is 0 Å². The predicted molar refractivity (Wildman–Crippen MR) is 69.9 cm³/mol. The third kappa shape index (κ3) is 2.81. The summed E-state index contributed by atoms with van der Waals surface area (Å²) in [5.74, 6) is 1.98. The molecule has 1 N–H and O–H groups in total.